The molecule has 0 spiro atoms. The molecule has 0 fully saturated rings. The maximum Gasteiger partial charge on any atom is 0.258 e. The molecule has 0 aliphatic heterocycles. The van der Waals surface area contributed by atoms with Crippen LogP contribution in [0.4, 0.5) is 0 Å². The van der Waals surface area contributed by atoms with Gasteiger partial charge in [0, 0.05) is 6.54 Å². The van der Waals surface area contributed by atoms with E-state index in [2.05, 4.69) is 5.92 Å². The molecule has 0 heterocycles. The monoisotopic (exact) mass is 233 g/mol. The lowest BCUT2D eigenvalue weighted by molar-refractivity contribution is 0.0773. The van der Waals surface area contributed by atoms with Crippen molar-refractivity contribution in [2.45, 2.75) is 13.3 Å². The normalized spacial score (nSPS) is 9.65. The van der Waals surface area contributed by atoms with Crippen LogP contribution in [0.5, 0.6) is 11.5 Å². The smallest absolute Gasteiger partial charge is 0.258 e. The minimum Gasteiger partial charge on any atom is -0.508 e. The standard InChI is InChI=1S/C13H15NO3/c1-3-7-14(8-4-2)13(17)11-9-10(15)5-6-12(11)16/h1,5-6,9,15-16H,4,7-8H2,2H3. The van der Waals surface area contributed by atoms with Crippen molar-refractivity contribution in [3.63, 3.8) is 0 Å². The zero-order valence-electron chi connectivity index (χ0n) is 9.68. The van der Waals surface area contributed by atoms with Crippen LogP contribution < -0.4 is 0 Å². The summed E-state index contributed by atoms with van der Waals surface area (Å²) in [4.78, 5) is 13.5. The van der Waals surface area contributed by atoms with Gasteiger partial charge >= 0.3 is 0 Å². The highest BCUT2D eigenvalue weighted by molar-refractivity contribution is 5.97. The van der Waals surface area contributed by atoms with Crippen LogP contribution in [0.15, 0.2) is 18.2 Å². The molecule has 0 saturated carbocycles. The topological polar surface area (TPSA) is 60.8 Å². The zero-order valence-corrected chi connectivity index (χ0v) is 9.68. The zero-order chi connectivity index (χ0) is 12.8. The molecule has 0 unspecified atom stereocenters. The minimum atomic E-state index is -0.377. The molecule has 0 saturated heterocycles. The van der Waals surface area contributed by atoms with E-state index in [-0.39, 0.29) is 29.5 Å². The quantitative estimate of drug-likeness (QED) is 0.613. The Bertz CT molecular complexity index is 448. The van der Waals surface area contributed by atoms with Gasteiger partial charge in [-0.1, -0.05) is 12.8 Å². The molecule has 1 aromatic rings. The Kier molecular flexibility index (Phi) is 4.41. The van der Waals surface area contributed by atoms with Crippen molar-refractivity contribution in [2.24, 2.45) is 0 Å². The highest BCUT2D eigenvalue weighted by atomic mass is 16.3. The minimum absolute atomic E-state index is 0.0636. The van der Waals surface area contributed by atoms with Gasteiger partial charge in [0.25, 0.3) is 5.91 Å². The van der Waals surface area contributed by atoms with Crippen LogP contribution in [0, 0.1) is 12.3 Å². The first-order valence-corrected chi connectivity index (χ1v) is 5.34. The second-order valence-corrected chi connectivity index (χ2v) is 3.63. The van der Waals surface area contributed by atoms with Crippen molar-refractivity contribution in [3.05, 3.63) is 23.8 Å². The Morgan fingerprint density at radius 2 is 2.18 bits per heavy atom. The summed E-state index contributed by atoms with van der Waals surface area (Å²) >= 11 is 0. The van der Waals surface area contributed by atoms with Crippen molar-refractivity contribution < 1.29 is 15.0 Å². The number of amides is 1. The summed E-state index contributed by atoms with van der Waals surface area (Å²) in [7, 11) is 0. The lowest BCUT2D eigenvalue weighted by Gasteiger charge is -2.19. The third-order valence-electron chi connectivity index (χ3n) is 2.27. The van der Waals surface area contributed by atoms with Crippen LogP contribution in [0.3, 0.4) is 0 Å². The van der Waals surface area contributed by atoms with Gasteiger partial charge in [-0.25, -0.2) is 0 Å². The van der Waals surface area contributed by atoms with Crippen LogP contribution in [-0.4, -0.2) is 34.1 Å². The van der Waals surface area contributed by atoms with E-state index in [4.69, 9.17) is 6.42 Å². The van der Waals surface area contributed by atoms with Gasteiger partial charge in [0.1, 0.15) is 11.5 Å². The number of benzene rings is 1. The van der Waals surface area contributed by atoms with Crippen molar-refractivity contribution >= 4 is 5.91 Å². The molecule has 0 atom stereocenters. The summed E-state index contributed by atoms with van der Waals surface area (Å²) in [5.41, 5.74) is 0.0636. The van der Waals surface area contributed by atoms with E-state index < -0.39 is 0 Å². The number of nitrogens with zero attached hydrogens (tertiary/aromatic N) is 1. The third kappa shape index (κ3) is 3.15. The Hall–Kier alpha value is -2.15. The number of phenols is 2. The highest BCUT2D eigenvalue weighted by Crippen LogP contribution is 2.23. The van der Waals surface area contributed by atoms with Gasteiger partial charge in [0.2, 0.25) is 0 Å². The van der Waals surface area contributed by atoms with Gasteiger partial charge in [-0.05, 0) is 24.6 Å². The first-order chi connectivity index (χ1) is 8.10. The number of carbonyl (C=O) groups excluding carboxylic acids is 1. The van der Waals surface area contributed by atoms with Gasteiger partial charge in [-0.15, -0.1) is 6.42 Å². The van der Waals surface area contributed by atoms with Gasteiger partial charge in [-0.2, -0.15) is 0 Å². The molecular formula is C13H15NO3. The lowest BCUT2D eigenvalue weighted by atomic mass is 10.1. The van der Waals surface area contributed by atoms with E-state index in [9.17, 15) is 15.0 Å². The van der Waals surface area contributed by atoms with E-state index in [0.717, 1.165) is 6.42 Å². The van der Waals surface area contributed by atoms with Crippen LogP contribution in [0.25, 0.3) is 0 Å². The predicted molar refractivity (Wildman–Crippen MR) is 64.8 cm³/mol. The molecule has 90 valence electrons. The van der Waals surface area contributed by atoms with E-state index in [0.29, 0.717) is 6.54 Å². The third-order valence-corrected chi connectivity index (χ3v) is 2.27. The second-order valence-electron chi connectivity index (χ2n) is 3.63. The number of phenolic OH excluding ortho intramolecular Hbond substituents is 2. The summed E-state index contributed by atoms with van der Waals surface area (Å²) in [5.74, 6) is 1.79. The van der Waals surface area contributed by atoms with E-state index >= 15 is 0 Å². The molecule has 17 heavy (non-hydrogen) atoms. The molecular weight excluding hydrogens is 218 g/mol. The number of terminal acetylenes is 1. The van der Waals surface area contributed by atoms with Gasteiger partial charge < -0.3 is 15.1 Å². The SMILES string of the molecule is C#CCN(CCC)C(=O)c1cc(O)ccc1O. The largest absolute Gasteiger partial charge is 0.508 e. The lowest BCUT2D eigenvalue weighted by Crippen LogP contribution is -2.32. The maximum atomic E-state index is 12.1. The molecule has 0 radical (unpaired) electrons. The van der Waals surface area contributed by atoms with Gasteiger partial charge in [0.05, 0.1) is 12.1 Å². The Morgan fingerprint density at radius 3 is 2.76 bits per heavy atom. The molecule has 0 aromatic heterocycles. The highest BCUT2D eigenvalue weighted by Gasteiger charge is 2.18. The Labute approximate surface area is 100 Å². The van der Waals surface area contributed by atoms with Crippen molar-refractivity contribution in [2.75, 3.05) is 13.1 Å². The number of hydrogen-bond acceptors (Lipinski definition) is 3. The average molecular weight is 233 g/mol. The van der Waals surface area contributed by atoms with E-state index in [1.165, 1.54) is 23.1 Å². The molecule has 2 N–H and O–H groups in total. The van der Waals surface area contributed by atoms with Crippen molar-refractivity contribution in [1.29, 1.82) is 0 Å². The van der Waals surface area contributed by atoms with Crippen LogP contribution in [-0.2, 0) is 0 Å². The van der Waals surface area contributed by atoms with Crippen molar-refractivity contribution in [1.82, 2.24) is 4.90 Å². The number of aromatic hydroxyl groups is 2. The molecule has 0 aliphatic carbocycles. The molecule has 4 nitrogen and oxygen atoms in total. The van der Waals surface area contributed by atoms with Gasteiger partial charge in [-0.3, -0.25) is 4.79 Å². The average Bonchev–Trinajstić information content (AvgIpc) is 2.31. The molecule has 0 bridgehead atoms. The summed E-state index contributed by atoms with van der Waals surface area (Å²) in [6.45, 7) is 2.62. The van der Waals surface area contributed by atoms with Crippen LogP contribution in [0.1, 0.15) is 23.7 Å². The fourth-order valence-electron chi connectivity index (χ4n) is 1.50. The fraction of sp³-hybridized carbons (Fsp3) is 0.308. The second kappa shape index (κ2) is 5.80. The Morgan fingerprint density at radius 1 is 1.47 bits per heavy atom. The van der Waals surface area contributed by atoms with Gasteiger partial charge in [0.15, 0.2) is 0 Å². The number of carbonyl (C=O) groups is 1. The Balaban J connectivity index is 3.00. The van der Waals surface area contributed by atoms with E-state index in [1.807, 2.05) is 6.92 Å². The predicted octanol–water partition coefficient (Wildman–Crippen LogP) is 1.58. The first-order valence-electron chi connectivity index (χ1n) is 5.34. The number of rotatable bonds is 4. The first kappa shape index (κ1) is 12.9. The molecule has 4 heteroatoms. The van der Waals surface area contributed by atoms with Crippen molar-refractivity contribution in [3.8, 4) is 23.8 Å². The maximum absolute atomic E-state index is 12.1. The molecule has 1 rings (SSSR count). The summed E-state index contributed by atoms with van der Waals surface area (Å²) in [6, 6.07) is 3.83. The van der Waals surface area contributed by atoms with Crippen LogP contribution >= 0.6 is 0 Å². The summed E-state index contributed by atoms with van der Waals surface area (Å²) < 4.78 is 0. The van der Waals surface area contributed by atoms with Crippen LogP contribution in [0.2, 0.25) is 0 Å². The number of hydrogen-bond donors (Lipinski definition) is 2. The summed E-state index contributed by atoms with van der Waals surface area (Å²) in [6.07, 6.45) is 5.96. The molecule has 1 aromatic carbocycles. The summed E-state index contributed by atoms with van der Waals surface area (Å²) in [5, 5.41) is 18.9. The fourth-order valence-corrected chi connectivity index (χ4v) is 1.50. The molecule has 0 aliphatic rings. The molecule has 1 amide bonds. The van der Waals surface area contributed by atoms with E-state index in [1.54, 1.807) is 0 Å².